The maximum atomic E-state index is 12.6. The number of likely N-dealkylation sites (N-methyl/N-ethyl adjacent to an activating group) is 1. The molecular formula is C18H18BrN3O2. The minimum absolute atomic E-state index is 0.125. The van der Waals surface area contributed by atoms with Crippen LogP contribution in [0.5, 0.6) is 0 Å². The van der Waals surface area contributed by atoms with Gasteiger partial charge in [0.25, 0.3) is 5.91 Å². The molecule has 124 valence electrons. The Morgan fingerprint density at radius 1 is 1.21 bits per heavy atom. The Bertz CT molecular complexity index is 889. The van der Waals surface area contributed by atoms with Crippen LogP contribution in [-0.2, 0) is 0 Å². The number of carbonyl (C=O) groups excluding carboxylic acids is 1. The van der Waals surface area contributed by atoms with Crippen LogP contribution in [0, 0.1) is 6.92 Å². The number of benzene rings is 1. The third-order valence-corrected chi connectivity index (χ3v) is 4.16. The highest BCUT2D eigenvalue weighted by molar-refractivity contribution is 9.10. The lowest BCUT2D eigenvalue weighted by molar-refractivity contribution is 0.0956. The van der Waals surface area contributed by atoms with Crippen molar-refractivity contribution in [2.45, 2.75) is 6.92 Å². The number of hydrogen-bond donors (Lipinski definition) is 2. The van der Waals surface area contributed by atoms with E-state index < -0.39 is 0 Å². The Morgan fingerprint density at radius 3 is 2.75 bits per heavy atom. The van der Waals surface area contributed by atoms with Gasteiger partial charge in [-0.25, -0.2) is 4.98 Å². The van der Waals surface area contributed by atoms with Gasteiger partial charge in [0.2, 0.25) is 0 Å². The maximum absolute atomic E-state index is 12.6. The number of aryl methyl sites for hydroxylation is 1. The molecule has 0 fully saturated rings. The number of furan rings is 1. The first-order chi connectivity index (χ1) is 11.6. The number of halogens is 1. The molecule has 6 heteroatoms. The van der Waals surface area contributed by atoms with E-state index in [4.69, 9.17) is 4.42 Å². The van der Waals surface area contributed by atoms with Crippen LogP contribution in [0.4, 0.5) is 0 Å². The summed E-state index contributed by atoms with van der Waals surface area (Å²) in [7, 11) is 1.85. The number of carbonyl (C=O) groups is 1. The summed E-state index contributed by atoms with van der Waals surface area (Å²) in [5.74, 6) is 1.34. The minimum Gasteiger partial charge on any atom is -0.460 e. The third-order valence-electron chi connectivity index (χ3n) is 3.67. The normalized spacial score (nSPS) is 11.0. The zero-order valence-electron chi connectivity index (χ0n) is 13.5. The van der Waals surface area contributed by atoms with E-state index >= 15 is 0 Å². The highest BCUT2D eigenvalue weighted by Gasteiger charge is 2.15. The van der Waals surface area contributed by atoms with Crippen molar-refractivity contribution in [2.75, 3.05) is 20.1 Å². The van der Waals surface area contributed by atoms with E-state index in [-0.39, 0.29) is 5.91 Å². The van der Waals surface area contributed by atoms with Gasteiger partial charge in [-0.15, -0.1) is 0 Å². The second-order valence-corrected chi connectivity index (χ2v) is 6.40. The molecule has 2 aromatic heterocycles. The van der Waals surface area contributed by atoms with Gasteiger partial charge in [0.05, 0.1) is 11.1 Å². The fourth-order valence-corrected chi connectivity index (χ4v) is 2.84. The van der Waals surface area contributed by atoms with Gasteiger partial charge in [-0.3, -0.25) is 4.79 Å². The van der Waals surface area contributed by atoms with Gasteiger partial charge >= 0.3 is 0 Å². The van der Waals surface area contributed by atoms with E-state index in [1.165, 1.54) is 0 Å². The third kappa shape index (κ3) is 3.49. The molecule has 0 spiro atoms. The molecule has 3 rings (SSSR count). The van der Waals surface area contributed by atoms with E-state index in [0.717, 1.165) is 21.1 Å². The quantitative estimate of drug-likeness (QED) is 0.657. The molecule has 0 aliphatic rings. The van der Waals surface area contributed by atoms with Crippen LogP contribution in [0.15, 0.2) is 45.3 Å². The Balaban J connectivity index is 2.09. The van der Waals surface area contributed by atoms with Crippen molar-refractivity contribution in [3.8, 4) is 11.5 Å². The van der Waals surface area contributed by atoms with Crippen LogP contribution in [0.1, 0.15) is 16.1 Å². The number of fused-ring (bicyclic) bond motifs is 1. The van der Waals surface area contributed by atoms with Crippen LogP contribution in [0.3, 0.4) is 0 Å². The van der Waals surface area contributed by atoms with Crippen LogP contribution in [-0.4, -0.2) is 31.0 Å². The average Bonchev–Trinajstić information content (AvgIpc) is 3.00. The molecule has 3 aromatic rings. The number of amides is 1. The molecule has 0 aliphatic heterocycles. The Kier molecular flexibility index (Phi) is 4.97. The molecule has 24 heavy (non-hydrogen) atoms. The van der Waals surface area contributed by atoms with Crippen LogP contribution >= 0.6 is 15.9 Å². The van der Waals surface area contributed by atoms with E-state index in [2.05, 4.69) is 31.5 Å². The molecule has 1 amide bonds. The van der Waals surface area contributed by atoms with Crippen molar-refractivity contribution in [2.24, 2.45) is 0 Å². The molecule has 0 bridgehead atoms. The molecule has 0 saturated heterocycles. The standard InChI is InChI=1S/C18H18BrN3O2/c1-11-3-6-17(24-11)16-10-14(18(23)21-8-7-20-2)13-9-12(19)4-5-15(13)22-16/h3-6,9-10,20H,7-8H2,1-2H3,(H,21,23). The zero-order chi connectivity index (χ0) is 17.1. The van der Waals surface area contributed by atoms with Crippen molar-refractivity contribution >= 4 is 32.7 Å². The van der Waals surface area contributed by atoms with Gasteiger partial charge in [0, 0.05) is 22.9 Å². The zero-order valence-corrected chi connectivity index (χ0v) is 15.1. The number of nitrogens with zero attached hydrogens (tertiary/aromatic N) is 1. The highest BCUT2D eigenvalue weighted by atomic mass is 79.9. The second kappa shape index (κ2) is 7.15. The van der Waals surface area contributed by atoms with Crippen molar-refractivity contribution in [3.05, 3.63) is 52.2 Å². The number of hydrogen-bond acceptors (Lipinski definition) is 4. The van der Waals surface area contributed by atoms with Gasteiger partial charge in [-0.2, -0.15) is 0 Å². The number of pyridine rings is 1. The lowest BCUT2D eigenvalue weighted by Crippen LogP contribution is -2.30. The van der Waals surface area contributed by atoms with Crippen molar-refractivity contribution < 1.29 is 9.21 Å². The molecule has 2 N–H and O–H groups in total. The average molecular weight is 388 g/mol. The fourth-order valence-electron chi connectivity index (χ4n) is 2.48. The Hall–Kier alpha value is -2.18. The molecule has 0 unspecified atom stereocenters. The SMILES string of the molecule is CNCCNC(=O)c1cc(-c2ccc(C)o2)nc2ccc(Br)cc12. The maximum Gasteiger partial charge on any atom is 0.252 e. The highest BCUT2D eigenvalue weighted by Crippen LogP contribution is 2.28. The topological polar surface area (TPSA) is 67.2 Å². The van der Waals surface area contributed by atoms with Gasteiger partial charge in [-0.05, 0) is 50.4 Å². The molecule has 0 atom stereocenters. The summed E-state index contributed by atoms with van der Waals surface area (Å²) in [5, 5.41) is 6.74. The van der Waals surface area contributed by atoms with Gasteiger partial charge in [0.15, 0.2) is 5.76 Å². The van der Waals surface area contributed by atoms with Gasteiger partial charge in [-0.1, -0.05) is 15.9 Å². The second-order valence-electron chi connectivity index (χ2n) is 5.49. The molecule has 0 aliphatic carbocycles. The molecule has 2 heterocycles. The minimum atomic E-state index is -0.125. The predicted octanol–water partition coefficient (Wildman–Crippen LogP) is 3.51. The number of rotatable bonds is 5. The first-order valence-electron chi connectivity index (χ1n) is 7.68. The van der Waals surface area contributed by atoms with Crippen molar-refractivity contribution in [3.63, 3.8) is 0 Å². The largest absolute Gasteiger partial charge is 0.460 e. The lowest BCUT2D eigenvalue weighted by Gasteiger charge is -2.10. The summed E-state index contributed by atoms with van der Waals surface area (Å²) in [6.07, 6.45) is 0. The summed E-state index contributed by atoms with van der Waals surface area (Å²) in [6, 6.07) is 11.2. The molecule has 0 saturated carbocycles. The summed E-state index contributed by atoms with van der Waals surface area (Å²) in [4.78, 5) is 17.3. The van der Waals surface area contributed by atoms with Gasteiger partial charge < -0.3 is 15.1 Å². The predicted molar refractivity (Wildman–Crippen MR) is 98.1 cm³/mol. The first kappa shape index (κ1) is 16.7. The molecule has 1 aromatic carbocycles. The van der Waals surface area contributed by atoms with E-state index in [1.807, 2.05) is 44.3 Å². The Labute approximate surface area is 148 Å². The van der Waals surface area contributed by atoms with E-state index in [9.17, 15) is 4.79 Å². The summed E-state index contributed by atoms with van der Waals surface area (Å²) in [6.45, 7) is 3.15. The summed E-state index contributed by atoms with van der Waals surface area (Å²) < 4.78 is 6.57. The fraction of sp³-hybridized carbons (Fsp3) is 0.222. The molecule has 5 nitrogen and oxygen atoms in total. The first-order valence-corrected chi connectivity index (χ1v) is 8.47. The van der Waals surface area contributed by atoms with Crippen LogP contribution in [0.2, 0.25) is 0 Å². The van der Waals surface area contributed by atoms with E-state index in [1.54, 1.807) is 6.07 Å². The lowest BCUT2D eigenvalue weighted by atomic mass is 10.1. The van der Waals surface area contributed by atoms with Crippen LogP contribution < -0.4 is 10.6 Å². The molecule has 0 radical (unpaired) electrons. The number of aromatic nitrogens is 1. The van der Waals surface area contributed by atoms with Crippen molar-refractivity contribution in [1.82, 2.24) is 15.6 Å². The van der Waals surface area contributed by atoms with E-state index in [0.29, 0.717) is 30.1 Å². The Morgan fingerprint density at radius 2 is 2.04 bits per heavy atom. The van der Waals surface area contributed by atoms with Crippen molar-refractivity contribution in [1.29, 1.82) is 0 Å². The van der Waals surface area contributed by atoms with Crippen LogP contribution in [0.25, 0.3) is 22.4 Å². The summed E-state index contributed by atoms with van der Waals surface area (Å²) >= 11 is 3.46. The van der Waals surface area contributed by atoms with Gasteiger partial charge in [0.1, 0.15) is 11.5 Å². The number of nitrogens with one attached hydrogen (secondary N) is 2. The smallest absolute Gasteiger partial charge is 0.252 e. The summed E-state index contributed by atoms with van der Waals surface area (Å²) in [5.41, 5.74) is 1.99. The molecular weight excluding hydrogens is 370 g/mol. The monoisotopic (exact) mass is 387 g/mol.